The molecule has 1 aromatic carbocycles. The highest BCUT2D eigenvalue weighted by atomic mass is 14.3. The lowest BCUT2D eigenvalue weighted by atomic mass is 9.86. The maximum absolute atomic E-state index is 2.38. The van der Waals surface area contributed by atoms with Gasteiger partial charge in [-0.1, -0.05) is 42.3 Å². The summed E-state index contributed by atoms with van der Waals surface area (Å²) in [5, 5.41) is 0. The van der Waals surface area contributed by atoms with E-state index in [2.05, 4.69) is 58.1 Å². The predicted molar refractivity (Wildman–Crippen MR) is 74.8 cm³/mol. The van der Waals surface area contributed by atoms with Crippen LogP contribution in [0.2, 0.25) is 0 Å². The first-order valence-electron chi connectivity index (χ1n) is 6.30. The Bertz CT molecular complexity index is 595. The van der Waals surface area contributed by atoms with Gasteiger partial charge in [0.1, 0.15) is 0 Å². The zero-order valence-corrected chi connectivity index (χ0v) is 11.0. The largest absolute Gasteiger partial charge is 0.0743 e. The summed E-state index contributed by atoms with van der Waals surface area (Å²) >= 11 is 0. The van der Waals surface area contributed by atoms with Gasteiger partial charge in [0.2, 0.25) is 0 Å². The van der Waals surface area contributed by atoms with Crippen molar-refractivity contribution in [3.63, 3.8) is 0 Å². The lowest BCUT2D eigenvalue weighted by Crippen LogP contribution is -2.01. The van der Waals surface area contributed by atoms with Crippen LogP contribution in [0.1, 0.15) is 36.1 Å². The van der Waals surface area contributed by atoms with Crippen LogP contribution in [0, 0.1) is 19.8 Å². The standard InChI is InChI=1S/C17H18/c1-10-5-12(3)14-9-15-13(4)6-11(2)8-17(15)16(14)7-10/h5-9,12H,1-4H3. The van der Waals surface area contributed by atoms with Crippen molar-refractivity contribution in [3.05, 3.63) is 57.7 Å². The van der Waals surface area contributed by atoms with Gasteiger partial charge in [-0.3, -0.25) is 0 Å². The van der Waals surface area contributed by atoms with Gasteiger partial charge < -0.3 is 0 Å². The molecule has 0 heterocycles. The molecule has 0 heteroatoms. The molecule has 0 saturated carbocycles. The molecular weight excluding hydrogens is 204 g/mol. The fourth-order valence-corrected chi connectivity index (χ4v) is 3.08. The summed E-state index contributed by atoms with van der Waals surface area (Å²) < 4.78 is 0. The molecule has 0 spiro atoms. The van der Waals surface area contributed by atoms with Crippen molar-refractivity contribution in [2.75, 3.05) is 0 Å². The molecule has 3 rings (SSSR count). The molecule has 1 aromatic rings. The van der Waals surface area contributed by atoms with E-state index in [-0.39, 0.29) is 0 Å². The lowest BCUT2D eigenvalue weighted by molar-refractivity contribution is 0.890. The molecule has 86 valence electrons. The summed E-state index contributed by atoms with van der Waals surface area (Å²) in [6, 6.07) is 4.60. The van der Waals surface area contributed by atoms with Gasteiger partial charge in [-0.2, -0.15) is 0 Å². The number of hydrogen-bond donors (Lipinski definition) is 0. The van der Waals surface area contributed by atoms with Gasteiger partial charge in [0.15, 0.2) is 0 Å². The van der Waals surface area contributed by atoms with Crippen LogP contribution in [0.25, 0.3) is 11.6 Å². The first-order valence-corrected chi connectivity index (χ1v) is 6.30. The van der Waals surface area contributed by atoms with E-state index in [0.717, 1.165) is 0 Å². The van der Waals surface area contributed by atoms with Crippen molar-refractivity contribution in [3.8, 4) is 0 Å². The highest BCUT2D eigenvalue weighted by molar-refractivity contribution is 5.97. The van der Waals surface area contributed by atoms with Crippen molar-refractivity contribution in [2.24, 2.45) is 5.92 Å². The molecule has 0 N–H and O–H groups in total. The Morgan fingerprint density at radius 2 is 1.76 bits per heavy atom. The van der Waals surface area contributed by atoms with Gasteiger partial charge in [-0.05, 0) is 54.7 Å². The quantitative estimate of drug-likeness (QED) is 0.598. The van der Waals surface area contributed by atoms with E-state index in [9.17, 15) is 0 Å². The average Bonchev–Trinajstić information content (AvgIpc) is 2.58. The smallest absolute Gasteiger partial charge is 0.000166 e. The maximum Gasteiger partial charge on any atom is 0.000166 e. The molecule has 1 unspecified atom stereocenters. The Balaban J connectivity index is 2.27. The predicted octanol–water partition coefficient (Wildman–Crippen LogP) is 4.68. The molecule has 0 nitrogen and oxygen atoms in total. The van der Waals surface area contributed by atoms with E-state index in [1.807, 2.05) is 0 Å². The Hall–Kier alpha value is -1.56. The molecular formula is C17H18. The summed E-state index contributed by atoms with van der Waals surface area (Å²) in [5.41, 5.74) is 9.92. The first-order chi connectivity index (χ1) is 8.06. The van der Waals surface area contributed by atoms with Crippen molar-refractivity contribution in [1.82, 2.24) is 0 Å². The van der Waals surface area contributed by atoms with E-state index >= 15 is 0 Å². The Morgan fingerprint density at radius 3 is 2.53 bits per heavy atom. The van der Waals surface area contributed by atoms with E-state index in [0.29, 0.717) is 5.92 Å². The minimum Gasteiger partial charge on any atom is -0.0743 e. The van der Waals surface area contributed by atoms with E-state index in [1.54, 1.807) is 0 Å². The fraction of sp³-hybridized carbons (Fsp3) is 0.294. The number of hydrogen-bond acceptors (Lipinski definition) is 0. The van der Waals surface area contributed by atoms with Gasteiger partial charge >= 0.3 is 0 Å². The molecule has 0 fully saturated rings. The molecule has 0 radical (unpaired) electrons. The van der Waals surface area contributed by atoms with Crippen LogP contribution in [0.15, 0.2) is 35.4 Å². The number of rotatable bonds is 0. The van der Waals surface area contributed by atoms with Crippen LogP contribution in [0.5, 0.6) is 0 Å². The third kappa shape index (κ3) is 1.51. The molecule has 1 atom stereocenters. The van der Waals surface area contributed by atoms with Crippen molar-refractivity contribution in [2.45, 2.75) is 27.7 Å². The summed E-state index contributed by atoms with van der Waals surface area (Å²) in [4.78, 5) is 0. The summed E-state index contributed by atoms with van der Waals surface area (Å²) in [5.74, 6) is 0.544. The summed E-state index contributed by atoms with van der Waals surface area (Å²) in [6.45, 7) is 8.88. The zero-order valence-electron chi connectivity index (χ0n) is 11.0. The highest BCUT2D eigenvalue weighted by Gasteiger charge is 2.25. The maximum atomic E-state index is 2.38. The van der Waals surface area contributed by atoms with Gasteiger partial charge in [0.05, 0.1) is 0 Å². The zero-order chi connectivity index (χ0) is 12.2. The van der Waals surface area contributed by atoms with Crippen LogP contribution in [0.3, 0.4) is 0 Å². The topological polar surface area (TPSA) is 0 Å². The molecule has 0 aromatic heterocycles. The van der Waals surface area contributed by atoms with Crippen molar-refractivity contribution in [1.29, 1.82) is 0 Å². The van der Waals surface area contributed by atoms with Crippen LogP contribution in [-0.4, -0.2) is 0 Å². The normalized spacial score (nSPS) is 21.4. The minimum atomic E-state index is 0.544. The minimum absolute atomic E-state index is 0.544. The number of fused-ring (bicyclic) bond motifs is 3. The Morgan fingerprint density at radius 1 is 1.00 bits per heavy atom. The van der Waals surface area contributed by atoms with Gasteiger partial charge in [-0.25, -0.2) is 0 Å². The van der Waals surface area contributed by atoms with E-state index < -0.39 is 0 Å². The highest BCUT2D eigenvalue weighted by Crippen LogP contribution is 2.44. The van der Waals surface area contributed by atoms with Gasteiger partial charge in [0.25, 0.3) is 0 Å². The molecule has 0 saturated heterocycles. The third-order valence-corrected chi connectivity index (χ3v) is 3.81. The van der Waals surface area contributed by atoms with Crippen molar-refractivity contribution < 1.29 is 0 Å². The molecule has 2 aliphatic rings. The second-order valence-corrected chi connectivity index (χ2v) is 5.40. The van der Waals surface area contributed by atoms with E-state index in [1.165, 1.54) is 39.0 Å². The molecule has 0 amide bonds. The second kappa shape index (κ2) is 3.46. The molecule has 17 heavy (non-hydrogen) atoms. The van der Waals surface area contributed by atoms with Crippen LogP contribution >= 0.6 is 0 Å². The SMILES string of the molecule is CC1=CC(C)C2=Cc3c(C)cc(C)cc3C2=C1. The Kier molecular flexibility index (Phi) is 2.16. The molecule has 2 aliphatic carbocycles. The first kappa shape index (κ1) is 10.6. The van der Waals surface area contributed by atoms with Gasteiger partial charge in [0, 0.05) is 5.92 Å². The Labute approximate surface area is 103 Å². The van der Waals surface area contributed by atoms with Crippen LogP contribution in [-0.2, 0) is 0 Å². The number of benzene rings is 1. The van der Waals surface area contributed by atoms with E-state index in [4.69, 9.17) is 0 Å². The monoisotopic (exact) mass is 222 g/mol. The average molecular weight is 222 g/mol. The second-order valence-electron chi connectivity index (χ2n) is 5.40. The van der Waals surface area contributed by atoms with Crippen molar-refractivity contribution >= 4 is 11.6 Å². The lowest BCUT2D eigenvalue weighted by Gasteiger charge is -2.18. The molecule has 0 bridgehead atoms. The van der Waals surface area contributed by atoms with Crippen LogP contribution < -0.4 is 0 Å². The van der Waals surface area contributed by atoms with Crippen LogP contribution in [0.4, 0.5) is 0 Å². The fourth-order valence-electron chi connectivity index (χ4n) is 3.08. The van der Waals surface area contributed by atoms with Gasteiger partial charge in [-0.15, -0.1) is 0 Å². The molecule has 0 aliphatic heterocycles. The third-order valence-electron chi connectivity index (χ3n) is 3.81. The summed E-state index contributed by atoms with van der Waals surface area (Å²) in [7, 11) is 0. The number of aryl methyl sites for hydroxylation is 2. The summed E-state index contributed by atoms with van der Waals surface area (Å²) in [6.07, 6.45) is 7.06. The number of allylic oxidation sites excluding steroid dienone is 5.